The Labute approximate surface area is 159 Å². The van der Waals surface area contributed by atoms with E-state index in [1.165, 1.54) is 24.6 Å². The second-order valence-corrected chi connectivity index (χ2v) is 7.94. The molecule has 0 unspecified atom stereocenters. The van der Waals surface area contributed by atoms with Gasteiger partial charge in [0, 0.05) is 37.6 Å². The highest BCUT2D eigenvalue weighted by molar-refractivity contribution is 7.99. The fourth-order valence-corrected chi connectivity index (χ4v) is 4.38. The zero-order valence-corrected chi connectivity index (χ0v) is 16.6. The van der Waals surface area contributed by atoms with Crippen molar-refractivity contribution in [2.75, 3.05) is 12.8 Å². The van der Waals surface area contributed by atoms with E-state index in [-0.39, 0.29) is 5.91 Å². The van der Waals surface area contributed by atoms with E-state index in [9.17, 15) is 4.79 Å². The Balaban J connectivity index is 1.62. The first-order chi connectivity index (χ1) is 12.6. The highest BCUT2D eigenvalue weighted by Crippen LogP contribution is 2.28. The standard InChI is InChI=1S/C19H27N5OS/c1-4-24-18(15-9-11-20-12-10-15)21-22-19(24)26-13-17(25)23(3)16-7-5-14(2)6-8-16/h9-12,14,16H,4-8,13H2,1-3H3. The van der Waals surface area contributed by atoms with Gasteiger partial charge in [0.15, 0.2) is 11.0 Å². The summed E-state index contributed by atoms with van der Waals surface area (Å²) in [4.78, 5) is 18.6. The molecule has 6 nitrogen and oxygen atoms in total. The molecule has 140 valence electrons. The van der Waals surface area contributed by atoms with Gasteiger partial charge in [-0.25, -0.2) is 0 Å². The first-order valence-corrected chi connectivity index (χ1v) is 10.3. The average molecular weight is 374 g/mol. The van der Waals surface area contributed by atoms with Crippen molar-refractivity contribution in [3.05, 3.63) is 24.5 Å². The molecule has 1 saturated carbocycles. The van der Waals surface area contributed by atoms with Crippen molar-refractivity contribution in [1.29, 1.82) is 0 Å². The van der Waals surface area contributed by atoms with Gasteiger partial charge in [0.05, 0.1) is 5.75 Å². The lowest BCUT2D eigenvalue weighted by Gasteiger charge is -2.33. The van der Waals surface area contributed by atoms with Gasteiger partial charge in [-0.1, -0.05) is 18.7 Å². The van der Waals surface area contributed by atoms with E-state index in [2.05, 4.69) is 33.6 Å². The molecule has 0 aromatic carbocycles. The molecule has 0 saturated heterocycles. The van der Waals surface area contributed by atoms with Gasteiger partial charge in [-0.3, -0.25) is 9.78 Å². The second-order valence-electron chi connectivity index (χ2n) is 6.99. The summed E-state index contributed by atoms with van der Waals surface area (Å²) in [5.74, 6) is 2.18. The Morgan fingerprint density at radius 1 is 1.23 bits per heavy atom. The summed E-state index contributed by atoms with van der Waals surface area (Å²) in [6.45, 7) is 5.12. The Bertz CT molecular complexity index is 725. The SMILES string of the molecule is CCn1c(SCC(=O)N(C)C2CCC(C)CC2)nnc1-c1ccncc1. The quantitative estimate of drug-likeness (QED) is 0.725. The molecule has 2 heterocycles. The van der Waals surface area contributed by atoms with Gasteiger partial charge in [-0.2, -0.15) is 0 Å². The Kier molecular flexibility index (Phi) is 6.29. The Morgan fingerprint density at radius 2 is 1.92 bits per heavy atom. The van der Waals surface area contributed by atoms with Gasteiger partial charge in [-0.15, -0.1) is 10.2 Å². The maximum Gasteiger partial charge on any atom is 0.233 e. The van der Waals surface area contributed by atoms with Crippen molar-refractivity contribution in [3.8, 4) is 11.4 Å². The van der Waals surface area contributed by atoms with E-state index in [4.69, 9.17) is 0 Å². The van der Waals surface area contributed by atoms with Crippen LogP contribution in [0.15, 0.2) is 29.7 Å². The molecule has 26 heavy (non-hydrogen) atoms. The van der Waals surface area contributed by atoms with Crippen LogP contribution >= 0.6 is 11.8 Å². The van der Waals surface area contributed by atoms with Gasteiger partial charge in [0.1, 0.15) is 0 Å². The van der Waals surface area contributed by atoms with Gasteiger partial charge in [0.2, 0.25) is 5.91 Å². The molecule has 0 radical (unpaired) electrons. The average Bonchev–Trinajstić information content (AvgIpc) is 3.09. The van der Waals surface area contributed by atoms with Gasteiger partial charge in [0.25, 0.3) is 0 Å². The molecule has 0 atom stereocenters. The molecule has 0 aliphatic heterocycles. The molecular formula is C19H27N5OS. The molecule has 3 rings (SSSR count). The summed E-state index contributed by atoms with van der Waals surface area (Å²) in [5.41, 5.74) is 0.987. The van der Waals surface area contributed by atoms with Crippen molar-refractivity contribution >= 4 is 17.7 Å². The zero-order chi connectivity index (χ0) is 18.5. The van der Waals surface area contributed by atoms with E-state index >= 15 is 0 Å². The van der Waals surface area contributed by atoms with E-state index in [0.717, 1.165) is 41.8 Å². The number of rotatable bonds is 6. The number of carbonyl (C=O) groups excluding carboxylic acids is 1. The summed E-state index contributed by atoms with van der Waals surface area (Å²) in [5, 5.41) is 9.41. The highest BCUT2D eigenvalue weighted by atomic mass is 32.2. The molecule has 7 heteroatoms. The van der Waals surface area contributed by atoms with E-state index in [1.54, 1.807) is 12.4 Å². The molecule has 0 N–H and O–H groups in total. The van der Waals surface area contributed by atoms with Crippen LogP contribution in [0.3, 0.4) is 0 Å². The lowest BCUT2D eigenvalue weighted by Crippen LogP contribution is -2.40. The number of hydrogen-bond donors (Lipinski definition) is 0. The molecule has 0 spiro atoms. The molecule has 0 bridgehead atoms. The minimum atomic E-state index is 0.172. The first kappa shape index (κ1) is 18.9. The summed E-state index contributed by atoms with van der Waals surface area (Å²) >= 11 is 1.47. The summed E-state index contributed by atoms with van der Waals surface area (Å²) in [6, 6.07) is 4.23. The first-order valence-electron chi connectivity index (χ1n) is 9.32. The number of hydrogen-bond acceptors (Lipinski definition) is 5. The van der Waals surface area contributed by atoms with Gasteiger partial charge < -0.3 is 9.47 Å². The minimum Gasteiger partial charge on any atom is -0.342 e. The molecular weight excluding hydrogens is 346 g/mol. The Morgan fingerprint density at radius 3 is 2.58 bits per heavy atom. The van der Waals surface area contributed by atoms with Crippen LogP contribution in [0.2, 0.25) is 0 Å². The number of pyridine rings is 1. The second kappa shape index (κ2) is 8.66. The summed E-state index contributed by atoms with van der Waals surface area (Å²) < 4.78 is 2.05. The number of aromatic nitrogens is 4. The lowest BCUT2D eigenvalue weighted by atomic mass is 9.87. The maximum absolute atomic E-state index is 12.6. The molecule has 1 fully saturated rings. The lowest BCUT2D eigenvalue weighted by molar-refractivity contribution is -0.129. The van der Waals surface area contributed by atoms with Crippen LogP contribution in [-0.4, -0.2) is 49.4 Å². The van der Waals surface area contributed by atoms with Crippen LogP contribution in [-0.2, 0) is 11.3 Å². The molecule has 1 aliphatic rings. The number of amides is 1. The molecule has 2 aromatic heterocycles. The highest BCUT2D eigenvalue weighted by Gasteiger charge is 2.25. The summed E-state index contributed by atoms with van der Waals surface area (Å²) in [6.07, 6.45) is 8.17. The third-order valence-corrected chi connectivity index (χ3v) is 6.17. The van der Waals surface area contributed by atoms with Gasteiger partial charge >= 0.3 is 0 Å². The van der Waals surface area contributed by atoms with Crippen LogP contribution in [0.4, 0.5) is 0 Å². The number of thioether (sulfide) groups is 1. The molecule has 2 aromatic rings. The largest absolute Gasteiger partial charge is 0.342 e. The zero-order valence-electron chi connectivity index (χ0n) is 15.8. The normalized spacial score (nSPS) is 20.1. The van der Waals surface area contributed by atoms with Crippen LogP contribution in [0.5, 0.6) is 0 Å². The number of nitrogens with zero attached hydrogens (tertiary/aromatic N) is 5. The third-order valence-electron chi connectivity index (χ3n) is 5.22. The third kappa shape index (κ3) is 4.26. The predicted molar refractivity (Wildman–Crippen MR) is 104 cm³/mol. The van der Waals surface area contributed by atoms with Crippen LogP contribution in [0.25, 0.3) is 11.4 Å². The van der Waals surface area contributed by atoms with Crippen molar-refractivity contribution in [2.24, 2.45) is 5.92 Å². The van der Waals surface area contributed by atoms with Crippen LogP contribution in [0, 0.1) is 5.92 Å². The predicted octanol–water partition coefficient (Wildman–Crippen LogP) is 3.49. The van der Waals surface area contributed by atoms with Crippen LogP contribution < -0.4 is 0 Å². The monoisotopic (exact) mass is 373 g/mol. The van der Waals surface area contributed by atoms with Crippen molar-refractivity contribution in [2.45, 2.75) is 57.3 Å². The fourth-order valence-electron chi connectivity index (χ4n) is 3.46. The fraction of sp³-hybridized carbons (Fsp3) is 0.579. The van der Waals surface area contributed by atoms with Crippen molar-refractivity contribution in [1.82, 2.24) is 24.6 Å². The smallest absolute Gasteiger partial charge is 0.233 e. The van der Waals surface area contributed by atoms with Gasteiger partial charge in [-0.05, 0) is 50.7 Å². The topological polar surface area (TPSA) is 63.9 Å². The van der Waals surface area contributed by atoms with E-state index in [0.29, 0.717) is 11.8 Å². The van der Waals surface area contributed by atoms with E-state index in [1.807, 2.05) is 24.1 Å². The van der Waals surface area contributed by atoms with Crippen molar-refractivity contribution < 1.29 is 4.79 Å². The minimum absolute atomic E-state index is 0.172. The Hall–Kier alpha value is -1.89. The summed E-state index contributed by atoms with van der Waals surface area (Å²) in [7, 11) is 1.94. The molecule has 1 aliphatic carbocycles. The number of carbonyl (C=O) groups is 1. The maximum atomic E-state index is 12.6. The molecule has 1 amide bonds. The van der Waals surface area contributed by atoms with E-state index < -0.39 is 0 Å². The van der Waals surface area contributed by atoms with Crippen molar-refractivity contribution in [3.63, 3.8) is 0 Å². The van der Waals surface area contributed by atoms with Crippen LogP contribution in [0.1, 0.15) is 39.5 Å².